The van der Waals surface area contributed by atoms with E-state index in [9.17, 15) is 4.79 Å². The molecule has 4 aromatic rings. The molecule has 1 saturated heterocycles. The van der Waals surface area contributed by atoms with Crippen molar-refractivity contribution >= 4 is 28.3 Å². The van der Waals surface area contributed by atoms with Gasteiger partial charge in [0.15, 0.2) is 6.23 Å². The normalized spacial score (nSPS) is 17.4. The van der Waals surface area contributed by atoms with Crippen LogP contribution in [0.15, 0.2) is 59.7 Å². The van der Waals surface area contributed by atoms with Crippen molar-refractivity contribution < 1.29 is 4.74 Å². The van der Waals surface area contributed by atoms with Crippen molar-refractivity contribution in [2.24, 2.45) is 0 Å². The summed E-state index contributed by atoms with van der Waals surface area (Å²) in [4.78, 5) is 20.0. The molecule has 1 aromatic carbocycles. The van der Waals surface area contributed by atoms with Crippen molar-refractivity contribution in [3.63, 3.8) is 0 Å². The van der Waals surface area contributed by atoms with E-state index in [4.69, 9.17) is 16.3 Å². The van der Waals surface area contributed by atoms with Gasteiger partial charge in [0.05, 0.1) is 11.7 Å². The monoisotopic (exact) mass is 449 g/mol. The average molecular weight is 450 g/mol. The number of benzene rings is 1. The number of ether oxygens (including phenoxy) is 1. The van der Waals surface area contributed by atoms with Gasteiger partial charge in [-0.15, -0.1) is 0 Å². The van der Waals surface area contributed by atoms with Crippen molar-refractivity contribution in [3.05, 3.63) is 75.8 Å². The first-order valence-electron chi connectivity index (χ1n) is 10.8. The molecule has 0 radical (unpaired) electrons. The number of H-pyrrole nitrogens is 1. The highest BCUT2D eigenvalue weighted by atomic mass is 35.5. The molecule has 3 aromatic heterocycles. The summed E-state index contributed by atoms with van der Waals surface area (Å²) in [7, 11) is 0. The molecule has 164 valence electrons. The van der Waals surface area contributed by atoms with Crippen LogP contribution in [0.5, 0.6) is 0 Å². The van der Waals surface area contributed by atoms with Crippen LogP contribution in [0, 0.1) is 0 Å². The number of aromatic amines is 1. The van der Waals surface area contributed by atoms with Gasteiger partial charge in [-0.2, -0.15) is 5.10 Å². The minimum atomic E-state index is -0.253. The zero-order valence-electron chi connectivity index (χ0n) is 17.7. The van der Waals surface area contributed by atoms with Crippen LogP contribution in [0.25, 0.3) is 22.2 Å². The highest BCUT2D eigenvalue weighted by molar-refractivity contribution is 6.31. The summed E-state index contributed by atoms with van der Waals surface area (Å²) in [6.07, 6.45) is 6.69. The van der Waals surface area contributed by atoms with E-state index in [0.717, 1.165) is 48.0 Å². The molecule has 0 spiro atoms. The number of anilines is 1. The van der Waals surface area contributed by atoms with E-state index in [1.165, 1.54) is 0 Å². The number of halogens is 1. The number of hydrogen-bond acceptors (Lipinski definition) is 5. The number of nitrogens with one attached hydrogen (secondary N) is 2. The molecule has 7 nitrogen and oxygen atoms in total. The zero-order chi connectivity index (χ0) is 22.1. The number of nitrogens with zero attached hydrogens (tertiary/aromatic N) is 3. The lowest BCUT2D eigenvalue weighted by atomic mass is 10.1. The molecule has 32 heavy (non-hydrogen) atoms. The van der Waals surface area contributed by atoms with Crippen molar-refractivity contribution in [2.75, 3.05) is 11.9 Å². The highest BCUT2D eigenvalue weighted by Gasteiger charge is 2.20. The Bertz CT molecular complexity index is 1310. The van der Waals surface area contributed by atoms with Crippen LogP contribution in [0.2, 0.25) is 5.02 Å². The number of pyridine rings is 2. The van der Waals surface area contributed by atoms with Gasteiger partial charge in [0.2, 0.25) is 0 Å². The van der Waals surface area contributed by atoms with Crippen molar-refractivity contribution in [3.8, 4) is 11.3 Å². The third kappa shape index (κ3) is 4.13. The molecule has 2 N–H and O–H groups in total. The molecule has 1 aliphatic heterocycles. The van der Waals surface area contributed by atoms with Crippen molar-refractivity contribution in [1.29, 1.82) is 0 Å². The van der Waals surface area contributed by atoms with Gasteiger partial charge >= 0.3 is 0 Å². The van der Waals surface area contributed by atoms with Gasteiger partial charge in [-0.1, -0.05) is 11.6 Å². The maximum absolute atomic E-state index is 12.6. The number of hydrogen-bond donors (Lipinski definition) is 2. The van der Waals surface area contributed by atoms with Crippen LogP contribution >= 0.6 is 11.6 Å². The summed E-state index contributed by atoms with van der Waals surface area (Å²) < 4.78 is 7.86. The summed E-state index contributed by atoms with van der Waals surface area (Å²) >= 11 is 6.12. The minimum absolute atomic E-state index is 0.0415. The first-order valence-corrected chi connectivity index (χ1v) is 11.2. The molecule has 8 heteroatoms. The van der Waals surface area contributed by atoms with E-state index in [-0.39, 0.29) is 17.8 Å². The quantitative estimate of drug-likeness (QED) is 0.431. The number of fused-ring (bicyclic) bond motifs is 1. The van der Waals surface area contributed by atoms with Gasteiger partial charge < -0.3 is 15.0 Å². The molecule has 4 heterocycles. The molecule has 0 amide bonds. The maximum Gasteiger partial charge on any atom is 0.253 e. The Balaban J connectivity index is 1.41. The molecule has 1 fully saturated rings. The smallest absolute Gasteiger partial charge is 0.253 e. The van der Waals surface area contributed by atoms with E-state index in [1.54, 1.807) is 18.5 Å². The van der Waals surface area contributed by atoms with Crippen LogP contribution < -0.4 is 10.9 Å². The SMILES string of the molecule is CC(Nc1cc(-c2ccnn2C2CCCCO2)ccn1)c1cc2cc(Cl)ccc2[nH]c1=O. The summed E-state index contributed by atoms with van der Waals surface area (Å²) in [6, 6.07) is 12.9. The second-order valence-corrected chi connectivity index (χ2v) is 8.50. The van der Waals surface area contributed by atoms with Crippen molar-refractivity contribution in [2.45, 2.75) is 38.5 Å². The fourth-order valence-corrected chi connectivity index (χ4v) is 4.35. The first kappa shape index (κ1) is 20.7. The maximum atomic E-state index is 12.6. The molecule has 2 unspecified atom stereocenters. The Morgan fingerprint density at radius 2 is 2.09 bits per heavy atom. The fraction of sp³-hybridized carbons (Fsp3) is 0.292. The third-order valence-corrected chi connectivity index (χ3v) is 6.06. The van der Waals surface area contributed by atoms with Gasteiger partial charge in [-0.3, -0.25) is 4.79 Å². The van der Waals surface area contributed by atoms with Crippen LogP contribution in [0.3, 0.4) is 0 Å². The first-order chi connectivity index (χ1) is 15.6. The van der Waals surface area contributed by atoms with Gasteiger partial charge in [0.1, 0.15) is 5.82 Å². The number of rotatable bonds is 5. The Morgan fingerprint density at radius 3 is 2.94 bits per heavy atom. The van der Waals surface area contributed by atoms with Crippen LogP contribution in [0.4, 0.5) is 5.82 Å². The fourth-order valence-electron chi connectivity index (χ4n) is 4.17. The second-order valence-electron chi connectivity index (χ2n) is 8.06. The van der Waals surface area contributed by atoms with Gasteiger partial charge in [0, 0.05) is 46.1 Å². The Hall–Kier alpha value is -3.16. The Labute approximate surface area is 190 Å². The van der Waals surface area contributed by atoms with Gasteiger partial charge in [-0.05, 0) is 68.7 Å². The molecule has 5 rings (SSSR count). The molecule has 1 aliphatic rings. The second kappa shape index (κ2) is 8.76. The van der Waals surface area contributed by atoms with E-state index in [0.29, 0.717) is 16.4 Å². The third-order valence-electron chi connectivity index (χ3n) is 5.82. The summed E-state index contributed by atoms with van der Waals surface area (Å²) in [6.45, 7) is 2.70. The highest BCUT2D eigenvalue weighted by Crippen LogP contribution is 2.29. The van der Waals surface area contributed by atoms with Crippen LogP contribution in [-0.4, -0.2) is 26.4 Å². The topological polar surface area (TPSA) is 84.8 Å². The molecule has 0 bridgehead atoms. The largest absolute Gasteiger partial charge is 0.363 e. The summed E-state index contributed by atoms with van der Waals surface area (Å²) in [5.74, 6) is 0.679. The molecule has 2 atom stereocenters. The molecular formula is C24H24ClN5O2. The zero-order valence-corrected chi connectivity index (χ0v) is 18.5. The molecule has 0 aliphatic carbocycles. The molecule has 0 saturated carbocycles. The minimum Gasteiger partial charge on any atom is -0.363 e. The standard InChI is InChI=1S/C24H24ClN5O2/c1-15(19-13-17-12-18(25)5-6-20(17)29-24(19)31)28-22-14-16(7-9-26-22)21-8-10-27-30(21)23-4-2-3-11-32-23/h5-10,12-15,23H,2-4,11H2,1H3,(H,26,28)(H,29,31). The van der Waals surface area contributed by atoms with E-state index in [1.807, 2.05) is 48.0 Å². The van der Waals surface area contributed by atoms with E-state index < -0.39 is 0 Å². The lowest BCUT2D eigenvalue weighted by Gasteiger charge is -2.24. The Kier molecular flexibility index (Phi) is 5.68. The van der Waals surface area contributed by atoms with Crippen molar-refractivity contribution in [1.82, 2.24) is 19.7 Å². The molecular weight excluding hydrogens is 426 g/mol. The predicted octanol–water partition coefficient (Wildman–Crippen LogP) is 5.31. The number of aromatic nitrogens is 4. The predicted molar refractivity (Wildman–Crippen MR) is 126 cm³/mol. The lowest BCUT2D eigenvalue weighted by Crippen LogP contribution is -2.20. The van der Waals surface area contributed by atoms with Crippen LogP contribution in [-0.2, 0) is 4.74 Å². The average Bonchev–Trinajstić information content (AvgIpc) is 3.30. The summed E-state index contributed by atoms with van der Waals surface area (Å²) in [5.41, 5.74) is 3.21. The van der Waals surface area contributed by atoms with Gasteiger partial charge in [-0.25, -0.2) is 9.67 Å². The Morgan fingerprint density at radius 1 is 1.19 bits per heavy atom. The van der Waals surface area contributed by atoms with E-state index >= 15 is 0 Å². The van der Waals surface area contributed by atoms with Gasteiger partial charge in [0.25, 0.3) is 5.56 Å². The van der Waals surface area contributed by atoms with Crippen LogP contribution in [0.1, 0.15) is 44.0 Å². The summed E-state index contributed by atoms with van der Waals surface area (Å²) in [5, 5.41) is 9.37. The van der Waals surface area contributed by atoms with E-state index in [2.05, 4.69) is 20.4 Å². The lowest BCUT2D eigenvalue weighted by molar-refractivity contribution is -0.0383.